The molecular formula is C32H34N4O7. The number of fused-ring (bicyclic) bond motifs is 1. The molecule has 0 saturated heterocycles. The van der Waals surface area contributed by atoms with Crippen LogP contribution in [-0.4, -0.2) is 46.1 Å². The third-order valence-electron chi connectivity index (χ3n) is 6.72. The van der Waals surface area contributed by atoms with Crippen LogP contribution in [0.15, 0.2) is 64.5 Å². The summed E-state index contributed by atoms with van der Waals surface area (Å²) in [6, 6.07) is 15.1. The van der Waals surface area contributed by atoms with Crippen LogP contribution in [0.4, 0.5) is 5.69 Å². The number of hydrogen-bond donors (Lipinski definition) is 0. The maximum Gasteiger partial charge on any atom is 0.347 e. The van der Waals surface area contributed by atoms with Gasteiger partial charge >= 0.3 is 11.7 Å². The standard InChI is InChI=1S/C32H34N4O7/c1-7-41-28-16-20(5)25(17-24(28)19(3)4)30-34-26-14-10-9-13-23(26)31(37)35(30)33-18-22-12-11-15-27(36(39)40)29(22)43-21(6)32(38)42-8-2/h9-19,21H,7-8H2,1-6H3/t21-/m1/s1. The van der Waals surface area contributed by atoms with Crippen molar-refractivity contribution in [3.63, 3.8) is 0 Å². The molecule has 0 N–H and O–H groups in total. The van der Waals surface area contributed by atoms with Crippen molar-refractivity contribution in [2.75, 3.05) is 13.2 Å². The zero-order valence-electron chi connectivity index (χ0n) is 25.0. The Hall–Kier alpha value is -5.06. The number of carbonyl (C=O) groups excluding carboxylic acids is 1. The van der Waals surface area contributed by atoms with Crippen molar-refractivity contribution < 1.29 is 23.9 Å². The monoisotopic (exact) mass is 586 g/mol. The van der Waals surface area contributed by atoms with Crippen LogP contribution in [0, 0.1) is 17.0 Å². The van der Waals surface area contributed by atoms with Gasteiger partial charge in [-0.25, -0.2) is 9.78 Å². The molecule has 4 rings (SSSR count). The van der Waals surface area contributed by atoms with Crippen molar-refractivity contribution in [3.8, 4) is 22.9 Å². The first-order chi connectivity index (χ1) is 20.6. The molecule has 0 radical (unpaired) electrons. The van der Waals surface area contributed by atoms with Crippen molar-refractivity contribution in [1.29, 1.82) is 0 Å². The molecule has 0 spiro atoms. The van der Waals surface area contributed by atoms with E-state index in [0.717, 1.165) is 16.9 Å². The van der Waals surface area contributed by atoms with Crippen LogP contribution in [-0.2, 0) is 9.53 Å². The Morgan fingerprint density at radius 2 is 1.84 bits per heavy atom. The molecule has 43 heavy (non-hydrogen) atoms. The smallest absolute Gasteiger partial charge is 0.347 e. The highest BCUT2D eigenvalue weighted by Gasteiger charge is 2.25. The van der Waals surface area contributed by atoms with Crippen LogP contribution >= 0.6 is 0 Å². The molecule has 1 aromatic heterocycles. The third kappa shape index (κ3) is 6.56. The molecule has 4 aromatic rings. The van der Waals surface area contributed by atoms with Crippen LogP contribution in [0.25, 0.3) is 22.3 Å². The van der Waals surface area contributed by atoms with Gasteiger partial charge in [-0.1, -0.05) is 32.0 Å². The number of nitro benzene ring substituents is 1. The molecular weight excluding hydrogens is 552 g/mol. The largest absolute Gasteiger partial charge is 0.494 e. The van der Waals surface area contributed by atoms with Gasteiger partial charge in [0.1, 0.15) is 5.75 Å². The summed E-state index contributed by atoms with van der Waals surface area (Å²) in [5.74, 6) is 0.310. The first-order valence-electron chi connectivity index (χ1n) is 14.0. The van der Waals surface area contributed by atoms with Gasteiger partial charge in [0, 0.05) is 17.2 Å². The van der Waals surface area contributed by atoms with Crippen molar-refractivity contribution in [3.05, 3.63) is 91.8 Å². The average molecular weight is 587 g/mol. The molecule has 0 aliphatic heterocycles. The Balaban J connectivity index is 1.94. The molecule has 11 heteroatoms. The summed E-state index contributed by atoms with van der Waals surface area (Å²) in [5, 5.41) is 16.7. The Labute approximate surface area is 248 Å². The highest BCUT2D eigenvalue weighted by molar-refractivity contribution is 5.87. The van der Waals surface area contributed by atoms with Crippen molar-refractivity contribution >= 4 is 28.8 Å². The summed E-state index contributed by atoms with van der Waals surface area (Å²) in [4.78, 5) is 42.1. The summed E-state index contributed by atoms with van der Waals surface area (Å²) in [6.45, 7) is 11.6. The highest BCUT2D eigenvalue weighted by atomic mass is 16.6. The Kier molecular flexibility index (Phi) is 9.54. The van der Waals surface area contributed by atoms with Gasteiger partial charge in [0.15, 0.2) is 11.9 Å². The van der Waals surface area contributed by atoms with E-state index in [0.29, 0.717) is 23.1 Å². The van der Waals surface area contributed by atoms with E-state index in [4.69, 9.17) is 19.2 Å². The number of ether oxygens (including phenoxy) is 3. The number of aryl methyl sites for hydroxylation is 1. The molecule has 0 amide bonds. The molecule has 3 aromatic carbocycles. The van der Waals surface area contributed by atoms with E-state index in [9.17, 15) is 19.7 Å². The number of carbonyl (C=O) groups is 1. The van der Waals surface area contributed by atoms with E-state index in [1.54, 1.807) is 37.3 Å². The van der Waals surface area contributed by atoms with Gasteiger partial charge in [0.2, 0.25) is 5.75 Å². The first kappa shape index (κ1) is 30.9. The average Bonchev–Trinajstić information content (AvgIpc) is 2.97. The predicted molar refractivity (Wildman–Crippen MR) is 164 cm³/mol. The van der Waals surface area contributed by atoms with Gasteiger partial charge in [-0.15, -0.1) is 0 Å². The van der Waals surface area contributed by atoms with Gasteiger partial charge in [0.25, 0.3) is 5.56 Å². The predicted octanol–water partition coefficient (Wildman–Crippen LogP) is 6.01. The number of rotatable bonds is 11. The second kappa shape index (κ2) is 13.3. The number of nitro groups is 1. The molecule has 1 heterocycles. The highest BCUT2D eigenvalue weighted by Crippen LogP contribution is 2.35. The van der Waals surface area contributed by atoms with Crippen LogP contribution < -0.4 is 15.0 Å². The quantitative estimate of drug-likeness (QED) is 0.0902. The Morgan fingerprint density at radius 3 is 2.51 bits per heavy atom. The van der Waals surface area contributed by atoms with Gasteiger partial charge in [-0.05, 0) is 75.1 Å². The van der Waals surface area contributed by atoms with Gasteiger partial charge in [-0.3, -0.25) is 14.9 Å². The van der Waals surface area contributed by atoms with E-state index in [1.807, 2.05) is 26.0 Å². The molecule has 1 atom stereocenters. The van der Waals surface area contributed by atoms with Crippen molar-refractivity contribution in [2.24, 2.45) is 5.10 Å². The molecule has 224 valence electrons. The summed E-state index contributed by atoms with van der Waals surface area (Å²) < 4.78 is 17.8. The number of nitrogens with zero attached hydrogens (tertiary/aromatic N) is 4. The minimum absolute atomic E-state index is 0.121. The van der Waals surface area contributed by atoms with E-state index in [1.165, 1.54) is 29.9 Å². The Bertz CT molecular complexity index is 1760. The number of esters is 1. The van der Waals surface area contributed by atoms with Gasteiger partial charge in [0.05, 0.1) is 35.3 Å². The van der Waals surface area contributed by atoms with Gasteiger partial charge < -0.3 is 14.2 Å². The summed E-state index contributed by atoms with van der Waals surface area (Å²) >= 11 is 0. The van der Waals surface area contributed by atoms with Crippen LogP contribution in [0.2, 0.25) is 0 Å². The normalized spacial score (nSPS) is 12.1. The summed E-state index contributed by atoms with van der Waals surface area (Å²) in [5.41, 5.74) is 2.33. The lowest BCUT2D eigenvalue weighted by Gasteiger charge is -2.18. The number of para-hydroxylation sites is 2. The lowest BCUT2D eigenvalue weighted by molar-refractivity contribution is -0.386. The van der Waals surface area contributed by atoms with E-state index >= 15 is 0 Å². The lowest BCUT2D eigenvalue weighted by Crippen LogP contribution is -2.27. The minimum atomic E-state index is -1.13. The SMILES string of the molecule is CCOC(=O)[C@@H](C)Oc1c(C=Nn2c(-c3cc(C(C)C)c(OCC)cc3C)nc3ccccc3c2=O)cccc1[N+](=O)[O-]. The molecule has 0 aliphatic carbocycles. The zero-order valence-corrected chi connectivity index (χ0v) is 25.0. The molecule has 0 aliphatic rings. The fourth-order valence-electron chi connectivity index (χ4n) is 4.60. The van der Waals surface area contributed by atoms with E-state index in [-0.39, 0.29) is 35.3 Å². The molecule has 0 unspecified atom stereocenters. The number of hydrogen-bond acceptors (Lipinski definition) is 9. The van der Waals surface area contributed by atoms with Crippen LogP contribution in [0.5, 0.6) is 11.5 Å². The molecule has 0 bridgehead atoms. The number of aromatic nitrogens is 2. The molecule has 0 fully saturated rings. The summed E-state index contributed by atoms with van der Waals surface area (Å²) in [6.07, 6.45) is 0.157. The van der Waals surface area contributed by atoms with E-state index in [2.05, 4.69) is 18.9 Å². The first-order valence-corrected chi connectivity index (χ1v) is 14.0. The topological polar surface area (TPSA) is 135 Å². The fourth-order valence-corrected chi connectivity index (χ4v) is 4.60. The molecule has 0 saturated carbocycles. The lowest BCUT2D eigenvalue weighted by atomic mass is 9.96. The minimum Gasteiger partial charge on any atom is -0.494 e. The second-order valence-electron chi connectivity index (χ2n) is 10.1. The van der Waals surface area contributed by atoms with Crippen molar-refractivity contribution in [1.82, 2.24) is 9.66 Å². The Morgan fingerprint density at radius 1 is 1.09 bits per heavy atom. The van der Waals surface area contributed by atoms with E-state index < -0.39 is 22.6 Å². The summed E-state index contributed by atoms with van der Waals surface area (Å²) in [7, 11) is 0. The fraction of sp³-hybridized carbons (Fsp3) is 0.312. The molecule has 11 nitrogen and oxygen atoms in total. The van der Waals surface area contributed by atoms with Crippen LogP contribution in [0.1, 0.15) is 57.2 Å². The van der Waals surface area contributed by atoms with Crippen LogP contribution in [0.3, 0.4) is 0 Å². The third-order valence-corrected chi connectivity index (χ3v) is 6.72. The van der Waals surface area contributed by atoms with Crippen molar-refractivity contribution in [2.45, 2.75) is 53.6 Å². The maximum atomic E-state index is 13.8. The maximum absolute atomic E-state index is 13.8. The van der Waals surface area contributed by atoms with Gasteiger partial charge in [-0.2, -0.15) is 9.78 Å². The number of benzene rings is 3. The zero-order chi connectivity index (χ0) is 31.3. The second-order valence-corrected chi connectivity index (χ2v) is 10.1.